The van der Waals surface area contributed by atoms with Gasteiger partial charge in [-0.3, -0.25) is 18.9 Å². The van der Waals surface area contributed by atoms with Crippen LogP contribution in [0.2, 0.25) is 5.02 Å². The molecule has 0 radical (unpaired) electrons. The maximum absolute atomic E-state index is 13.7. The highest BCUT2D eigenvalue weighted by Crippen LogP contribution is 2.44. The number of aliphatic hydroxyl groups excluding tert-OH is 1. The largest absolute Gasteiger partial charge is 0.505 e. The Morgan fingerprint density at radius 3 is 2.58 bits per heavy atom. The quantitative estimate of drug-likeness (QED) is 0.0687. The van der Waals surface area contributed by atoms with Gasteiger partial charge in [0.05, 0.1) is 17.3 Å². The van der Waals surface area contributed by atoms with E-state index in [9.17, 15) is 14.7 Å². The average molecular weight is 624 g/mol. The van der Waals surface area contributed by atoms with Crippen LogP contribution in [0.25, 0.3) is 22.2 Å². The summed E-state index contributed by atoms with van der Waals surface area (Å²) in [5, 5.41) is 23.4. The average Bonchev–Trinajstić information content (AvgIpc) is 3.69. The summed E-state index contributed by atoms with van der Waals surface area (Å²) in [5.74, 6) is -1.27. The second-order valence-corrected chi connectivity index (χ2v) is 12.6. The number of aryl methyl sites for hydroxylation is 1. The van der Waals surface area contributed by atoms with E-state index in [1.807, 2.05) is 24.3 Å². The van der Waals surface area contributed by atoms with E-state index in [1.165, 1.54) is 33.4 Å². The Labute approximate surface area is 259 Å². The first-order chi connectivity index (χ1) is 20.9. The third-order valence-electron chi connectivity index (χ3n) is 7.39. The maximum atomic E-state index is 13.7. The summed E-state index contributed by atoms with van der Waals surface area (Å²) < 4.78 is 2.35. The van der Waals surface area contributed by atoms with Gasteiger partial charge in [-0.25, -0.2) is 4.98 Å². The summed E-state index contributed by atoms with van der Waals surface area (Å²) >= 11 is 8.91. The number of Topliss-reactive ketones (excluding diaryl/α,β-unsaturated/α-hetero) is 1. The number of aliphatic hydroxyl groups is 1. The first-order valence-electron chi connectivity index (χ1n) is 13.3. The Hall–Kier alpha value is -4.51. The number of amides is 1. The number of halogens is 1. The molecule has 0 aliphatic carbocycles. The van der Waals surface area contributed by atoms with E-state index in [4.69, 9.17) is 11.6 Å². The number of ketones is 1. The van der Waals surface area contributed by atoms with Crippen LogP contribution in [-0.4, -0.2) is 36.4 Å². The molecular weight excluding hydrogens is 602 g/mol. The van der Waals surface area contributed by atoms with Crippen LogP contribution in [0.4, 0.5) is 5.13 Å². The molecule has 43 heavy (non-hydrogen) atoms. The number of benzene rings is 3. The van der Waals surface area contributed by atoms with E-state index >= 15 is 0 Å². The van der Waals surface area contributed by atoms with Crippen molar-refractivity contribution >= 4 is 73.7 Å². The molecule has 1 fully saturated rings. The van der Waals surface area contributed by atoms with Crippen molar-refractivity contribution < 1.29 is 14.7 Å². The Bertz CT molecular complexity index is 2080. The van der Waals surface area contributed by atoms with Crippen LogP contribution in [-0.2, 0) is 15.3 Å². The first kappa shape index (κ1) is 27.3. The van der Waals surface area contributed by atoms with Crippen molar-refractivity contribution in [2.45, 2.75) is 23.1 Å². The zero-order valence-corrected chi connectivity index (χ0v) is 25.0. The van der Waals surface area contributed by atoms with Crippen LogP contribution in [0.15, 0.2) is 101 Å². The summed E-state index contributed by atoms with van der Waals surface area (Å²) in [6, 6.07) is 25.7. The van der Waals surface area contributed by atoms with Crippen LogP contribution in [0.1, 0.15) is 28.6 Å². The smallest absolute Gasteiger partial charge is 0.301 e. The molecule has 6 aromatic rings. The molecular formula is C32H22ClN5O3S2. The number of imidazole rings is 1. The molecule has 212 valence electrons. The highest BCUT2D eigenvalue weighted by Gasteiger charge is 2.48. The van der Waals surface area contributed by atoms with Gasteiger partial charge in [-0.1, -0.05) is 95.4 Å². The highest BCUT2D eigenvalue weighted by atomic mass is 35.5. The van der Waals surface area contributed by atoms with Gasteiger partial charge in [0.2, 0.25) is 5.13 Å². The molecule has 1 aliphatic rings. The number of aromatic nitrogens is 4. The summed E-state index contributed by atoms with van der Waals surface area (Å²) in [5.41, 5.74) is 3.17. The van der Waals surface area contributed by atoms with Crippen molar-refractivity contribution in [1.82, 2.24) is 19.6 Å². The Morgan fingerprint density at radius 2 is 1.74 bits per heavy atom. The number of pyridine rings is 1. The van der Waals surface area contributed by atoms with Gasteiger partial charge in [0.25, 0.3) is 5.78 Å². The van der Waals surface area contributed by atoms with Gasteiger partial charge < -0.3 is 5.11 Å². The molecule has 1 unspecified atom stereocenters. The van der Waals surface area contributed by atoms with E-state index in [1.54, 1.807) is 53.9 Å². The minimum absolute atomic E-state index is 0.0544. The van der Waals surface area contributed by atoms with Gasteiger partial charge in [-0.2, -0.15) is 0 Å². The second kappa shape index (κ2) is 11.0. The standard InChI is InChI=1S/C32H22ClN5O3S2/c1-18-26(37-16-5-4-11-24(37)34-18)28(39)25-27(20-12-14-22(33)15-13-20)38(30(41)29(25)40)31-35-36-32(43-31)42-17-21-9-6-8-19-7-2-3-10-23(19)21/h2-16,27,39H,17H2,1H3. The molecule has 0 saturated carbocycles. The number of hydrogen-bond donors (Lipinski definition) is 1. The minimum atomic E-state index is -0.949. The van der Waals surface area contributed by atoms with Gasteiger partial charge in [-0.15, -0.1) is 10.2 Å². The number of hydrogen-bond acceptors (Lipinski definition) is 8. The van der Waals surface area contributed by atoms with Crippen molar-refractivity contribution in [2.24, 2.45) is 0 Å². The molecule has 4 heterocycles. The maximum Gasteiger partial charge on any atom is 0.301 e. The zero-order valence-electron chi connectivity index (χ0n) is 22.6. The lowest BCUT2D eigenvalue weighted by atomic mass is 9.96. The van der Waals surface area contributed by atoms with Crippen LogP contribution < -0.4 is 4.90 Å². The number of rotatable bonds is 6. The molecule has 1 saturated heterocycles. The predicted octanol–water partition coefficient (Wildman–Crippen LogP) is 7.22. The second-order valence-electron chi connectivity index (χ2n) is 9.97. The molecule has 1 aliphatic heterocycles. The third-order valence-corrected chi connectivity index (χ3v) is 9.75. The fraction of sp³-hybridized carbons (Fsp3) is 0.0938. The zero-order chi connectivity index (χ0) is 29.7. The van der Waals surface area contributed by atoms with E-state index < -0.39 is 17.7 Å². The van der Waals surface area contributed by atoms with Gasteiger partial charge >= 0.3 is 5.91 Å². The molecule has 3 aromatic heterocycles. The van der Waals surface area contributed by atoms with E-state index in [2.05, 4.69) is 39.4 Å². The Morgan fingerprint density at radius 1 is 0.977 bits per heavy atom. The number of anilines is 1. The van der Waals surface area contributed by atoms with Crippen LogP contribution in [0, 0.1) is 6.92 Å². The molecule has 1 amide bonds. The van der Waals surface area contributed by atoms with Gasteiger partial charge in [-0.05, 0) is 53.1 Å². The van der Waals surface area contributed by atoms with Crippen molar-refractivity contribution in [1.29, 1.82) is 0 Å². The lowest BCUT2D eigenvalue weighted by Crippen LogP contribution is -2.29. The molecule has 1 N–H and O–H groups in total. The Balaban J connectivity index is 1.29. The summed E-state index contributed by atoms with van der Waals surface area (Å²) in [6.07, 6.45) is 1.75. The molecule has 8 nitrogen and oxygen atoms in total. The summed E-state index contributed by atoms with van der Waals surface area (Å²) in [4.78, 5) is 33.1. The van der Waals surface area contributed by atoms with Gasteiger partial charge in [0.1, 0.15) is 11.3 Å². The normalized spacial score (nSPS) is 16.5. The topological polar surface area (TPSA) is 101 Å². The Kier molecular flexibility index (Phi) is 6.97. The van der Waals surface area contributed by atoms with Gasteiger partial charge in [0.15, 0.2) is 10.1 Å². The number of thioether (sulfide) groups is 1. The monoisotopic (exact) mass is 623 g/mol. The number of carbonyl (C=O) groups is 2. The van der Waals surface area contributed by atoms with Crippen LogP contribution >= 0.6 is 34.7 Å². The molecule has 11 heteroatoms. The minimum Gasteiger partial charge on any atom is -0.505 e. The predicted molar refractivity (Wildman–Crippen MR) is 170 cm³/mol. The number of carbonyl (C=O) groups excluding carboxylic acids is 2. The molecule has 0 bridgehead atoms. The molecule has 7 rings (SSSR count). The molecule has 3 aromatic carbocycles. The fourth-order valence-electron chi connectivity index (χ4n) is 5.43. The number of nitrogens with zero attached hydrogens (tertiary/aromatic N) is 5. The molecule has 0 spiro atoms. The SMILES string of the molecule is Cc1nc2ccccn2c1C(O)=C1C(=O)C(=O)N(c2nnc(SCc3cccc4ccccc34)s2)C1c1ccc(Cl)cc1. The fourth-order valence-corrected chi connectivity index (χ4v) is 7.43. The van der Waals surface area contributed by atoms with Crippen molar-refractivity contribution in [3.63, 3.8) is 0 Å². The van der Waals surface area contributed by atoms with Crippen molar-refractivity contribution in [2.75, 3.05) is 4.90 Å². The summed E-state index contributed by atoms with van der Waals surface area (Å²) in [7, 11) is 0. The summed E-state index contributed by atoms with van der Waals surface area (Å²) in [6.45, 7) is 1.75. The highest BCUT2D eigenvalue weighted by molar-refractivity contribution is 8.00. The first-order valence-corrected chi connectivity index (χ1v) is 15.5. The van der Waals surface area contributed by atoms with E-state index in [0.717, 1.165) is 10.9 Å². The van der Waals surface area contributed by atoms with E-state index in [-0.39, 0.29) is 16.5 Å². The van der Waals surface area contributed by atoms with Crippen molar-refractivity contribution in [3.05, 3.63) is 124 Å². The van der Waals surface area contributed by atoms with Crippen LogP contribution in [0.3, 0.4) is 0 Å². The molecule has 1 atom stereocenters. The lowest BCUT2D eigenvalue weighted by molar-refractivity contribution is -0.132. The van der Waals surface area contributed by atoms with E-state index in [0.29, 0.717) is 37.7 Å². The van der Waals surface area contributed by atoms with Crippen molar-refractivity contribution in [3.8, 4) is 0 Å². The third kappa shape index (κ3) is 4.77. The lowest BCUT2D eigenvalue weighted by Gasteiger charge is -2.22. The van der Waals surface area contributed by atoms with Crippen LogP contribution in [0.5, 0.6) is 0 Å². The van der Waals surface area contributed by atoms with Gasteiger partial charge in [0, 0.05) is 17.0 Å². The number of fused-ring (bicyclic) bond motifs is 2.